The summed E-state index contributed by atoms with van der Waals surface area (Å²) in [5.74, 6) is 1.59. The molecule has 0 spiro atoms. The van der Waals surface area contributed by atoms with E-state index >= 15 is 0 Å². The zero-order valence-corrected chi connectivity index (χ0v) is 15.5. The van der Waals surface area contributed by atoms with Gasteiger partial charge in [-0.05, 0) is 56.2 Å². The lowest BCUT2D eigenvalue weighted by atomic mass is 9.96. The Balaban J connectivity index is 1.54. The predicted molar refractivity (Wildman–Crippen MR) is 104 cm³/mol. The summed E-state index contributed by atoms with van der Waals surface area (Å²) in [6, 6.07) is 6.28. The minimum absolute atomic E-state index is 0.477. The standard InChI is InChI=1S/C21H25N5O/c1-2-4-18-17(3-1)21(23-14-15-5-9-22-10-6-15)26-20(24-18)13-19(25-26)16-7-11-27-12-8-16/h5-6,9-10,13,16,23H,1-4,7-8,11-12,14H2. The van der Waals surface area contributed by atoms with Gasteiger partial charge in [0.2, 0.25) is 0 Å². The van der Waals surface area contributed by atoms with Crippen molar-refractivity contribution in [1.29, 1.82) is 0 Å². The Bertz CT molecular complexity index is 931. The summed E-state index contributed by atoms with van der Waals surface area (Å²) < 4.78 is 7.56. The van der Waals surface area contributed by atoms with Gasteiger partial charge in [-0.15, -0.1) is 0 Å². The average molecular weight is 363 g/mol. The fraction of sp³-hybridized carbons (Fsp3) is 0.476. The van der Waals surface area contributed by atoms with Gasteiger partial charge in [0.15, 0.2) is 5.65 Å². The number of aromatic nitrogens is 4. The van der Waals surface area contributed by atoms with Crippen LogP contribution in [0.5, 0.6) is 0 Å². The SMILES string of the molecule is c1cc(CNc2c3c(nc4cc(C5CCOCC5)nn24)CCCC3)ccn1. The van der Waals surface area contributed by atoms with Crippen molar-refractivity contribution in [3.05, 3.63) is 53.1 Å². The first kappa shape index (κ1) is 16.7. The summed E-state index contributed by atoms with van der Waals surface area (Å²) in [6.45, 7) is 2.42. The number of ether oxygens (including phenoxy) is 1. The zero-order chi connectivity index (χ0) is 18.1. The van der Waals surface area contributed by atoms with E-state index in [1.165, 1.54) is 29.7 Å². The zero-order valence-electron chi connectivity index (χ0n) is 15.5. The van der Waals surface area contributed by atoms with E-state index in [4.69, 9.17) is 14.8 Å². The van der Waals surface area contributed by atoms with Crippen molar-refractivity contribution in [3.8, 4) is 0 Å². The molecule has 3 aromatic heterocycles. The lowest BCUT2D eigenvalue weighted by Crippen LogP contribution is -2.16. The fourth-order valence-electron chi connectivity index (χ4n) is 4.23. The molecule has 0 unspecified atom stereocenters. The third-order valence-corrected chi connectivity index (χ3v) is 5.74. The Morgan fingerprint density at radius 1 is 1.11 bits per heavy atom. The van der Waals surface area contributed by atoms with Gasteiger partial charge in [-0.3, -0.25) is 4.98 Å². The Hall–Kier alpha value is -2.47. The summed E-state index contributed by atoms with van der Waals surface area (Å²) in [4.78, 5) is 9.08. The minimum atomic E-state index is 0.477. The molecule has 6 heteroatoms. The summed E-state index contributed by atoms with van der Waals surface area (Å²) in [5, 5.41) is 8.64. The summed E-state index contributed by atoms with van der Waals surface area (Å²) >= 11 is 0. The van der Waals surface area contributed by atoms with Crippen LogP contribution in [0.25, 0.3) is 5.65 Å². The monoisotopic (exact) mass is 363 g/mol. The van der Waals surface area contributed by atoms with Crippen LogP contribution in [0.4, 0.5) is 5.82 Å². The number of rotatable bonds is 4. The predicted octanol–water partition coefficient (Wildman–Crippen LogP) is 3.51. The number of nitrogens with zero attached hydrogens (tertiary/aromatic N) is 4. The van der Waals surface area contributed by atoms with Gasteiger partial charge in [-0.2, -0.15) is 9.61 Å². The van der Waals surface area contributed by atoms with Crippen LogP contribution < -0.4 is 5.32 Å². The first-order chi connectivity index (χ1) is 13.4. The van der Waals surface area contributed by atoms with Crippen molar-refractivity contribution in [2.75, 3.05) is 18.5 Å². The minimum Gasteiger partial charge on any atom is -0.381 e. The fourth-order valence-corrected chi connectivity index (χ4v) is 4.23. The average Bonchev–Trinajstić information content (AvgIpc) is 3.16. The van der Waals surface area contributed by atoms with E-state index in [1.807, 2.05) is 29.0 Å². The number of nitrogens with one attached hydrogen (secondary N) is 1. The Morgan fingerprint density at radius 2 is 1.93 bits per heavy atom. The van der Waals surface area contributed by atoms with Gasteiger partial charge in [0.1, 0.15) is 5.82 Å². The second-order valence-corrected chi connectivity index (χ2v) is 7.53. The Kier molecular flexibility index (Phi) is 4.49. The van der Waals surface area contributed by atoms with Crippen molar-refractivity contribution in [2.45, 2.75) is 51.0 Å². The lowest BCUT2D eigenvalue weighted by molar-refractivity contribution is 0.0844. The molecule has 1 aliphatic carbocycles. The van der Waals surface area contributed by atoms with E-state index in [9.17, 15) is 0 Å². The number of pyridine rings is 1. The van der Waals surface area contributed by atoms with Gasteiger partial charge in [0.05, 0.1) is 5.69 Å². The molecule has 6 nitrogen and oxygen atoms in total. The van der Waals surface area contributed by atoms with Gasteiger partial charge >= 0.3 is 0 Å². The third kappa shape index (κ3) is 3.30. The molecule has 0 aromatic carbocycles. The number of fused-ring (bicyclic) bond motifs is 2. The highest BCUT2D eigenvalue weighted by Gasteiger charge is 2.23. The van der Waals surface area contributed by atoms with Crippen molar-refractivity contribution in [3.63, 3.8) is 0 Å². The summed E-state index contributed by atoms with van der Waals surface area (Å²) in [6.07, 6.45) is 10.3. The van der Waals surface area contributed by atoms with Crippen molar-refractivity contribution < 1.29 is 4.74 Å². The molecule has 3 aromatic rings. The van der Waals surface area contributed by atoms with Crippen LogP contribution in [0.3, 0.4) is 0 Å². The van der Waals surface area contributed by atoms with Crippen LogP contribution in [-0.2, 0) is 24.1 Å². The van der Waals surface area contributed by atoms with Crippen molar-refractivity contribution >= 4 is 11.5 Å². The van der Waals surface area contributed by atoms with Crippen molar-refractivity contribution in [1.82, 2.24) is 19.6 Å². The molecule has 27 heavy (non-hydrogen) atoms. The van der Waals surface area contributed by atoms with Crippen LogP contribution in [0.2, 0.25) is 0 Å². The number of hydrogen-bond donors (Lipinski definition) is 1. The quantitative estimate of drug-likeness (QED) is 0.768. The van der Waals surface area contributed by atoms with Gasteiger partial charge in [0.25, 0.3) is 0 Å². The Labute approximate surface area is 159 Å². The molecular formula is C21H25N5O. The topological polar surface area (TPSA) is 64.3 Å². The molecule has 1 fully saturated rings. The van der Waals surface area contributed by atoms with Crippen molar-refractivity contribution in [2.24, 2.45) is 0 Å². The van der Waals surface area contributed by atoms with E-state index in [0.717, 1.165) is 62.6 Å². The second-order valence-electron chi connectivity index (χ2n) is 7.53. The molecule has 0 radical (unpaired) electrons. The smallest absolute Gasteiger partial charge is 0.157 e. The molecule has 5 rings (SSSR count). The highest BCUT2D eigenvalue weighted by molar-refractivity contribution is 5.57. The van der Waals surface area contributed by atoms with Gasteiger partial charge < -0.3 is 10.1 Å². The maximum atomic E-state index is 5.52. The van der Waals surface area contributed by atoms with Crippen LogP contribution in [-0.4, -0.2) is 32.8 Å². The molecule has 1 N–H and O–H groups in total. The number of hydrogen-bond acceptors (Lipinski definition) is 5. The molecule has 1 saturated heterocycles. The van der Waals surface area contributed by atoms with Crippen LogP contribution >= 0.6 is 0 Å². The van der Waals surface area contributed by atoms with Gasteiger partial charge in [-0.1, -0.05) is 0 Å². The molecule has 140 valence electrons. The van der Waals surface area contributed by atoms with Crippen LogP contribution in [0, 0.1) is 0 Å². The summed E-state index contributed by atoms with van der Waals surface area (Å²) in [5.41, 5.74) is 5.92. The molecule has 1 aliphatic heterocycles. The Morgan fingerprint density at radius 3 is 2.78 bits per heavy atom. The number of anilines is 1. The largest absolute Gasteiger partial charge is 0.381 e. The second kappa shape index (κ2) is 7.27. The van der Waals surface area contributed by atoms with Gasteiger partial charge in [-0.25, -0.2) is 4.98 Å². The molecule has 4 heterocycles. The molecule has 0 bridgehead atoms. The molecule has 0 saturated carbocycles. The maximum absolute atomic E-state index is 5.52. The normalized spacial score (nSPS) is 17.8. The molecule has 0 atom stereocenters. The molecule has 0 amide bonds. The van der Waals surface area contributed by atoms with E-state index in [-0.39, 0.29) is 0 Å². The van der Waals surface area contributed by atoms with E-state index in [0.29, 0.717) is 5.92 Å². The van der Waals surface area contributed by atoms with Gasteiger partial charge in [0, 0.05) is 55.4 Å². The van der Waals surface area contributed by atoms with E-state index < -0.39 is 0 Å². The lowest BCUT2D eigenvalue weighted by Gasteiger charge is -2.21. The third-order valence-electron chi connectivity index (χ3n) is 5.74. The highest BCUT2D eigenvalue weighted by Crippen LogP contribution is 2.31. The van der Waals surface area contributed by atoms with E-state index in [1.54, 1.807) is 0 Å². The molecule has 2 aliphatic rings. The maximum Gasteiger partial charge on any atom is 0.157 e. The molecular weight excluding hydrogens is 338 g/mol. The first-order valence-corrected chi connectivity index (χ1v) is 10.0. The van der Waals surface area contributed by atoms with E-state index in [2.05, 4.69) is 16.4 Å². The highest BCUT2D eigenvalue weighted by atomic mass is 16.5. The first-order valence-electron chi connectivity index (χ1n) is 10.0. The van der Waals surface area contributed by atoms with Crippen LogP contribution in [0.15, 0.2) is 30.6 Å². The summed E-state index contributed by atoms with van der Waals surface area (Å²) in [7, 11) is 0. The van der Waals surface area contributed by atoms with Crippen LogP contribution in [0.1, 0.15) is 54.1 Å². The number of aryl methyl sites for hydroxylation is 1.